The highest BCUT2D eigenvalue weighted by atomic mass is 14.7. The van der Waals surface area contributed by atoms with Crippen LogP contribution in [0.1, 0.15) is 122 Å². The Morgan fingerprint density at radius 1 is 0.216 bits per heavy atom. The molecule has 0 amide bonds. The molecule has 12 rings (SSSR count). The van der Waals surface area contributed by atoms with E-state index in [0.29, 0.717) is 0 Å². The summed E-state index contributed by atoms with van der Waals surface area (Å²) in [7, 11) is 0. The summed E-state index contributed by atoms with van der Waals surface area (Å²) in [6.45, 7) is 0. The zero-order chi connectivity index (χ0) is 23.8. The molecule has 0 aromatic rings. The van der Waals surface area contributed by atoms with Crippen molar-refractivity contribution in [3.05, 3.63) is 0 Å². The van der Waals surface area contributed by atoms with Gasteiger partial charge in [0.25, 0.3) is 0 Å². The SMILES string of the molecule is C1CC2C3CCC(C3)C2C1.C1CC2CC1C1C3CCC(C3)C21.C1CC2CC1C1CC3C4CCC(C4)C3C21. The lowest BCUT2D eigenvalue weighted by Gasteiger charge is -2.34. The summed E-state index contributed by atoms with van der Waals surface area (Å²) in [5.41, 5.74) is 0. The lowest BCUT2D eigenvalue weighted by molar-refractivity contribution is 0.146. The third-order valence-corrected chi connectivity index (χ3v) is 17.3. The maximum absolute atomic E-state index is 1.68. The maximum atomic E-state index is 1.68. The molecule has 16 atom stereocenters. The number of rotatable bonds is 0. The minimum atomic E-state index is 1.19. The van der Waals surface area contributed by atoms with E-state index in [-0.39, 0.29) is 0 Å². The molecule has 0 aromatic carbocycles. The van der Waals surface area contributed by atoms with Crippen molar-refractivity contribution in [3.63, 3.8) is 0 Å². The van der Waals surface area contributed by atoms with Gasteiger partial charge in [0.1, 0.15) is 0 Å². The first kappa shape index (κ1) is 22.7. The number of fused-ring (bicyclic) bond motifs is 25. The van der Waals surface area contributed by atoms with E-state index in [2.05, 4.69) is 0 Å². The summed E-state index contributed by atoms with van der Waals surface area (Å²) in [5.74, 6) is 21.8. The van der Waals surface area contributed by atoms with Crippen LogP contribution in [0.5, 0.6) is 0 Å². The van der Waals surface area contributed by atoms with Gasteiger partial charge in [-0.3, -0.25) is 0 Å². The van der Waals surface area contributed by atoms with E-state index in [1.54, 1.807) is 122 Å². The largest absolute Gasteiger partial charge is 0.0527 e. The van der Waals surface area contributed by atoms with Crippen LogP contribution in [0.25, 0.3) is 0 Å². The normalized spacial score (nSPS) is 64.9. The maximum Gasteiger partial charge on any atom is -0.0321 e. The fourth-order valence-corrected chi connectivity index (χ4v) is 16.7. The van der Waals surface area contributed by atoms with Gasteiger partial charge in [0, 0.05) is 0 Å². The second kappa shape index (κ2) is 8.28. The van der Waals surface area contributed by atoms with Crippen LogP contribution in [0, 0.1) is 107 Å². The molecule has 12 aliphatic carbocycles. The highest BCUT2D eigenvalue weighted by molar-refractivity contribution is 5.12. The molecule has 12 fully saturated rings. The van der Waals surface area contributed by atoms with Gasteiger partial charge in [-0.1, -0.05) is 6.42 Å². The molecule has 0 saturated heterocycles. The van der Waals surface area contributed by atoms with E-state index in [4.69, 9.17) is 0 Å². The molecule has 0 spiro atoms. The van der Waals surface area contributed by atoms with E-state index >= 15 is 0 Å². The molecule has 0 radical (unpaired) electrons. The molecule has 0 N–H and O–H groups in total. The fourth-order valence-electron chi connectivity index (χ4n) is 16.7. The molecule has 0 nitrogen and oxygen atoms in total. The molecule has 16 unspecified atom stereocenters. The molecule has 12 aliphatic rings. The second-order valence-electron chi connectivity index (χ2n) is 17.8. The highest BCUT2D eigenvalue weighted by Gasteiger charge is 2.63. The summed E-state index contributed by atoms with van der Waals surface area (Å²) >= 11 is 0. The van der Waals surface area contributed by atoms with Gasteiger partial charge in [-0.25, -0.2) is 0 Å². The van der Waals surface area contributed by atoms with Crippen molar-refractivity contribution >= 4 is 0 Å². The fraction of sp³-hybridized carbons (Fsp3) is 1.00. The van der Waals surface area contributed by atoms with Gasteiger partial charge in [-0.15, -0.1) is 0 Å². The summed E-state index contributed by atoms with van der Waals surface area (Å²) in [4.78, 5) is 0. The van der Waals surface area contributed by atoms with Crippen LogP contribution in [0.3, 0.4) is 0 Å². The minimum absolute atomic E-state index is 1.19. The van der Waals surface area contributed by atoms with Crippen molar-refractivity contribution in [1.29, 1.82) is 0 Å². The van der Waals surface area contributed by atoms with E-state index in [1.165, 1.54) is 107 Å². The summed E-state index contributed by atoms with van der Waals surface area (Å²) < 4.78 is 0. The van der Waals surface area contributed by atoms with Crippen molar-refractivity contribution in [2.45, 2.75) is 122 Å². The topological polar surface area (TPSA) is 0 Å². The summed E-state index contributed by atoms with van der Waals surface area (Å²) in [5, 5.41) is 0. The van der Waals surface area contributed by atoms with Crippen LogP contribution in [0.4, 0.5) is 0 Å². The first-order chi connectivity index (χ1) is 18.3. The van der Waals surface area contributed by atoms with Gasteiger partial charge in [0.15, 0.2) is 0 Å². The second-order valence-corrected chi connectivity index (χ2v) is 17.8. The van der Waals surface area contributed by atoms with Crippen molar-refractivity contribution < 1.29 is 0 Å². The Hall–Kier alpha value is 0. The van der Waals surface area contributed by atoms with Crippen molar-refractivity contribution in [3.8, 4) is 0 Å². The summed E-state index contributed by atoms with van der Waals surface area (Å²) in [6.07, 6.45) is 30.7. The lowest BCUT2D eigenvalue weighted by atomic mass is 9.71. The monoisotopic (exact) mass is 500 g/mol. The van der Waals surface area contributed by atoms with Crippen LogP contribution in [-0.2, 0) is 0 Å². The van der Waals surface area contributed by atoms with E-state index in [0.717, 1.165) is 0 Å². The Balaban J connectivity index is 0.0000000798. The average molecular weight is 501 g/mol. The van der Waals surface area contributed by atoms with Crippen LogP contribution in [0.15, 0.2) is 0 Å². The quantitative estimate of drug-likeness (QED) is 0.290. The van der Waals surface area contributed by atoms with E-state index < -0.39 is 0 Å². The third-order valence-electron chi connectivity index (χ3n) is 17.3. The molecule has 0 heterocycles. The van der Waals surface area contributed by atoms with Gasteiger partial charge in [-0.05, 0) is 222 Å². The Morgan fingerprint density at radius 2 is 0.514 bits per heavy atom. The van der Waals surface area contributed by atoms with Gasteiger partial charge >= 0.3 is 0 Å². The van der Waals surface area contributed by atoms with Gasteiger partial charge < -0.3 is 0 Å². The average Bonchev–Trinajstić information content (AvgIpc) is 3.81. The van der Waals surface area contributed by atoms with Crippen LogP contribution >= 0.6 is 0 Å². The Labute approximate surface area is 228 Å². The first-order valence-electron chi connectivity index (χ1n) is 18.3. The molecule has 0 aliphatic heterocycles. The molecule has 0 aromatic heterocycles. The molecule has 0 heteroatoms. The number of hydrogen-bond acceptors (Lipinski definition) is 0. The third kappa shape index (κ3) is 3.15. The van der Waals surface area contributed by atoms with E-state index in [9.17, 15) is 0 Å². The zero-order valence-electron chi connectivity index (χ0n) is 23.8. The molecule has 12 saturated carbocycles. The van der Waals surface area contributed by atoms with E-state index in [1.807, 2.05) is 0 Å². The predicted molar refractivity (Wildman–Crippen MR) is 151 cm³/mol. The van der Waals surface area contributed by atoms with Crippen LogP contribution in [-0.4, -0.2) is 0 Å². The molecular weight excluding hydrogens is 444 g/mol. The van der Waals surface area contributed by atoms with Crippen LogP contribution < -0.4 is 0 Å². The Morgan fingerprint density at radius 3 is 0.946 bits per heavy atom. The highest BCUT2D eigenvalue weighted by Crippen LogP contribution is 2.71. The smallest absolute Gasteiger partial charge is 0.0321 e. The number of hydrogen-bond donors (Lipinski definition) is 0. The molecular formula is C37H56. The Kier molecular flexibility index (Phi) is 5.07. The molecule has 37 heavy (non-hydrogen) atoms. The van der Waals surface area contributed by atoms with Crippen molar-refractivity contribution in [1.82, 2.24) is 0 Å². The lowest BCUT2D eigenvalue weighted by Crippen LogP contribution is -2.27. The minimum Gasteiger partial charge on any atom is -0.0527 e. The molecule has 10 bridgehead atoms. The Bertz CT molecular complexity index is 814. The standard InChI is InChI=1S/C15H22.C12H18.C10H16/c1-3-10-5-8(1)12-7-13-9-2-4-11(6-9)15(13)14(10)12;1-2-8-5-7(1)11-9-3-4-10(6-9)12(8)11;1-2-9-7-4-5-8(6-7)10(9)3-1/h8-15H,1-7H2;7-12H,1-6H2;7-10H,1-6H2. The predicted octanol–water partition coefficient (Wildman–Crippen LogP) is 9.63. The van der Waals surface area contributed by atoms with Crippen molar-refractivity contribution in [2.75, 3.05) is 0 Å². The zero-order valence-corrected chi connectivity index (χ0v) is 23.8. The molecule has 204 valence electrons. The van der Waals surface area contributed by atoms with Gasteiger partial charge in [-0.2, -0.15) is 0 Å². The van der Waals surface area contributed by atoms with Crippen molar-refractivity contribution in [2.24, 2.45) is 107 Å². The summed E-state index contributed by atoms with van der Waals surface area (Å²) in [6, 6.07) is 0. The van der Waals surface area contributed by atoms with Gasteiger partial charge in [0.2, 0.25) is 0 Å². The van der Waals surface area contributed by atoms with Gasteiger partial charge in [0.05, 0.1) is 0 Å². The first-order valence-corrected chi connectivity index (χ1v) is 18.3. The van der Waals surface area contributed by atoms with Crippen LogP contribution in [0.2, 0.25) is 0 Å².